The van der Waals surface area contributed by atoms with Crippen LogP contribution in [0.1, 0.15) is 53.4 Å². The van der Waals surface area contributed by atoms with Crippen LogP contribution in [0.25, 0.3) is 0 Å². The summed E-state index contributed by atoms with van der Waals surface area (Å²) < 4.78 is 5.57. The van der Waals surface area contributed by atoms with E-state index in [2.05, 4.69) is 33.8 Å². The van der Waals surface area contributed by atoms with Gasteiger partial charge in [-0.25, -0.2) is 0 Å². The number of methoxy groups -OCH3 is 1. The Bertz CT molecular complexity index is 304. The molecular formula is C16H28O2. The van der Waals surface area contributed by atoms with Crippen LogP contribution in [0.5, 0.6) is 0 Å². The lowest BCUT2D eigenvalue weighted by atomic mass is 9.75. The summed E-state index contributed by atoms with van der Waals surface area (Å²) in [6.07, 6.45) is 6.24. The molecule has 1 aliphatic rings. The lowest BCUT2D eigenvalue weighted by Crippen LogP contribution is -2.40. The van der Waals surface area contributed by atoms with Crippen LogP contribution in [0, 0.1) is 17.8 Å². The second-order valence-electron chi connectivity index (χ2n) is 6.08. The molecule has 2 nitrogen and oxygen atoms in total. The van der Waals surface area contributed by atoms with Crippen molar-refractivity contribution in [2.75, 3.05) is 7.11 Å². The Morgan fingerprint density at radius 1 is 1.50 bits per heavy atom. The minimum atomic E-state index is -0.00841. The van der Waals surface area contributed by atoms with Crippen LogP contribution in [-0.4, -0.2) is 19.0 Å². The molecule has 0 N–H and O–H groups in total. The molecule has 0 amide bonds. The first-order chi connectivity index (χ1) is 8.47. The number of ketones is 1. The summed E-state index contributed by atoms with van der Waals surface area (Å²) in [5.74, 6) is 1.54. The Hall–Kier alpha value is -0.630. The van der Waals surface area contributed by atoms with Crippen LogP contribution in [0.3, 0.4) is 0 Å². The highest BCUT2D eigenvalue weighted by atomic mass is 16.5. The fraction of sp³-hybridized carbons (Fsp3) is 0.812. The molecule has 1 saturated carbocycles. The number of hydrogen-bond donors (Lipinski definition) is 0. The molecule has 104 valence electrons. The maximum absolute atomic E-state index is 12.1. The molecule has 0 spiro atoms. The van der Waals surface area contributed by atoms with Gasteiger partial charge in [0.05, 0.1) is 12.0 Å². The number of ether oxygens (including phenoxy) is 1. The first-order valence-corrected chi connectivity index (χ1v) is 7.19. The van der Waals surface area contributed by atoms with Crippen LogP contribution in [0.4, 0.5) is 0 Å². The topological polar surface area (TPSA) is 26.3 Å². The normalized spacial score (nSPS) is 30.0. The fourth-order valence-electron chi connectivity index (χ4n) is 2.85. The summed E-state index contributed by atoms with van der Waals surface area (Å²) in [7, 11) is 1.73. The van der Waals surface area contributed by atoms with E-state index in [9.17, 15) is 4.79 Å². The largest absolute Gasteiger partial charge is 0.380 e. The van der Waals surface area contributed by atoms with Crippen molar-refractivity contribution in [3.8, 4) is 0 Å². The van der Waals surface area contributed by atoms with E-state index in [0.717, 1.165) is 12.8 Å². The molecule has 1 fully saturated rings. The SMILES string of the molecule is CO[C@@H]1[C@H](C)CCC(=O)[C@H]1/C(C)=C/CCC(C)C. The molecule has 0 radical (unpaired) electrons. The van der Waals surface area contributed by atoms with Crippen molar-refractivity contribution in [2.45, 2.75) is 59.5 Å². The third kappa shape index (κ3) is 3.94. The Morgan fingerprint density at radius 3 is 2.72 bits per heavy atom. The zero-order chi connectivity index (χ0) is 13.7. The zero-order valence-corrected chi connectivity index (χ0v) is 12.5. The quantitative estimate of drug-likeness (QED) is 0.691. The molecule has 0 aliphatic heterocycles. The molecule has 1 aliphatic carbocycles. The average molecular weight is 252 g/mol. The van der Waals surface area contributed by atoms with Gasteiger partial charge in [0.1, 0.15) is 5.78 Å². The molecule has 0 aromatic rings. The van der Waals surface area contributed by atoms with Crippen molar-refractivity contribution in [1.82, 2.24) is 0 Å². The van der Waals surface area contributed by atoms with E-state index < -0.39 is 0 Å². The number of allylic oxidation sites excluding steroid dienone is 1. The molecular weight excluding hydrogens is 224 g/mol. The minimum Gasteiger partial charge on any atom is -0.380 e. The minimum absolute atomic E-state index is 0.00841. The van der Waals surface area contributed by atoms with Gasteiger partial charge in [-0.1, -0.05) is 32.4 Å². The zero-order valence-electron chi connectivity index (χ0n) is 12.5. The van der Waals surface area contributed by atoms with E-state index >= 15 is 0 Å². The number of hydrogen-bond acceptors (Lipinski definition) is 2. The molecule has 0 aromatic carbocycles. The molecule has 0 heterocycles. The van der Waals surface area contributed by atoms with E-state index in [1.807, 2.05) is 0 Å². The van der Waals surface area contributed by atoms with Gasteiger partial charge in [0, 0.05) is 13.5 Å². The van der Waals surface area contributed by atoms with Crippen LogP contribution >= 0.6 is 0 Å². The highest BCUT2D eigenvalue weighted by Crippen LogP contribution is 2.33. The number of carbonyl (C=O) groups excluding carboxylic acids is 1. The molecule has 0 bridgehead atoms. The Morgan fingerprint density at radius 2 is 2.17 bits per heavy atom. The number of Topliss-reactive ketones (excluding diaryl/α,β-unsaturated/α-hetero) is 1. The van der Waals surface area contributed by atoms with Crippen molar-refractivity contribution < 1.29 is 9.53 Å². The summed E-state index contributed by atoms with van der Waals surface area (Å²) in [6, 6.07) is 0. The Kier molecular flexibility index (Phi) is 6.07. The van der Waals surface area contributed by atoms with Crippen molar-refractivity contribution in [3.05, 3.63) is 11.6 Å². The predicted molar refractivity (Wildman–Crippen MR) is 75.5 cm³/mol. The molecule has 2 heteroatoms. The molecule has 0 aromatic heterocycles. The highest BCUT2D eigenvalue weighted by Gasteiger charge is 2.37. The summed E-state index contributed by atoms with van der Waals surface area (Å²) in [5.41, 5.74) is 1.21. The van der Waals surface area contributed by atoms with Gasteiger partial charge in [-0.3, -0.25) is 4.79 Å². The monoisotopic (exact) mass is 252 g/mol. The van der Waals surface area contributed by atoms with Gasteiger partial charge in [0.15, 0.2) is 0 Å². The third-order valence-electron chi connectivity index (χ3n) is 4.06. The first-order valence-electron chi connectivity index (χ1n) is 7.19. The third-order valence-corrected chi connectivity index (χ3v) is 4.06. The van der Waals surface area contributed by atoms with Crippen molar-refractivity contribution in [3.63, 3.8) is 0 Å². The van der Waals surface area contributed by atoms with Crippen molar-refractivity contribution >= 4 is 5.78 Å². The summed E-state index contributed by atoms with van der Waals surface area (Å²) in [4.78, 5) is 12.1. The van der Waals surface area contributed by atoms with E-state index in [0.29, 0.717) is 24.0 Å². The lowest BCUT2D eigenvalue weighted by Gasteiger charge is -2.35. The van der Waals surface area contributed by atoms with Crippen LogP contribution in [0.2, 0.25) is 0 Å². The molecule has 3 atom stereocenters. The smallest absolute Gasteiger partial charge is 0.142 e. The Balaban J connectivity index is 2.72. The van der Waals surface area contributed by atoms with Crippen LogP contribution in [0.15, 0.2) is 11.6 Å². The van der Waals surface area contributed by atoms with E-state index in [-0.39, 0.29) is 12.0 Å². The van der Waals surface area contributed by atoms with Gasteiger partial charge in [-0.15, -0.1) is 0 Å². The van der Waals surface area contributed by atoms with Gasteiger partial charge in [0.25, 0.3) is 0 Å². The molecule has 1 rings (SSSR count). The molecule has 0 unspecified atom stereocenters. The number of rotatable bonds is 5. The van der Waals surface area contributed by atoms with E-state index in [4.69, 9.17) is 4.74 Å². The maximum Gasteiger partial charge on any atom is 0.142 e. The summed E-state index contributed by atoms with van der Waals surface area (Å²) in [6.45, 7) is 8.74. The van der Waals surface area contributed by atoms with Crippen LogP contribution < -0.4 is 0 Å². The lowest BCUT2D eigenvalue weighted by molar-refractivity contribution is -0.131. The second-order valence-corrected chi connectivity index (χ2v) is 6.08. The van der Waals surface area contributed by atoms with Crippen LogP contribution in [-0.2, 0) is 9.53 Å². The van der Waals surface area contributed by atoms with Crippen molar-refractivity contribution in [1.29, 1.82) is 0 Å². The molecule has 18 heavy (non-hydrogen) atoms. The first kappa shape index (κ1) is 15.4. The molecule has 0 saturated heterocycles. The predicted octanol–water partition coefficient (Wildman–Crippen LogP) is 4.00. The summed E-state index contributed by atoms with van der Waals surface area (Å²) in [5, 5.41) is 0. The Labute approximate surface area is 112 Å². The van der Waals surface area contributed by atoms with Gasteiger partial charge >= 0.3 is 0 Å². The van der Waals surface area contributed by atoms with Gasteiger partial charge < -0.3 is 4.74 Å². The summed E-state index contributed by atoms with van der Waals surface area (Å²) >= 11 is 0. The average Bonchev–Trinajstić information content (AvgIpc) is 2.30. The standard InChI is InChI=1S/C16H28O2/c1-11(2)7-6-8-12(3)15-14(17)10-9-13(4)16(15)18-5/h8,11,13,15-16H,6-7,9-10H2,1-5H3/b12-8+/t13-,15-,16-/m1/s1. The maximum atomic E-state index is 12.1. The number of carbonyl (C=O) groups is 1. The van der Waals surface area contributed by atoms with Gasteiger partial charge in [0.2, 0.25) is 0 Å². The van der Waals surface area contributed by atoms with Gasteiger partial charge in [-0.05, 0) is 38.0 Å². The van der Waals surface area contributed by atoms with E-state index in [1.54, 1.807) is 7.11 Å². The fourth-order valence-corrected chi connectivity index (χ4v) is 2.85. The van der Waals surface area contributed by atoms with Gasteiger partial charge in [-0.2, -0.15) is 0 Å². The second kappa shape index (κ2) is 7.08. The highest BCUT2D eigenvalue weighted by molar-refractivity contribution is 5.85. The van der Waals surface area contributed by atoms with E-state index in [1.165, 1.54) is 12.0 Å². The van der Waals surface area contributed by atoms with Crippen molar-refractivity contribution in [2.24, 2.45) is 17.8 Å².